The Hall–Kier alpha value is -1.79. The lowest BCUT2D eigenvalue weighted by molar-refractivity contribution is 1.06. The van der Waals surface area contributed by atoms with E-state index in [1.165, 1.54) is 10.4 Å². The standard InChI is InChI=1S/C13H12N4S2/c1-7-3-4-18-11(7)10-6-19-13(17-10)9-5-15-8(2)16-12(9)14/h3-6H,1-2H3,(H2,14,15,16). The Labute approximate surface area is 119 Å². The first-order valence-electron chi connectivity index (χ1n) is 5.74. The molecule has 19 heavy (non-hydrogen) atoms. The number of nitrogen functional groups attached to an aromatic ring is 1. The fourth-order valence-electron chi connectivity index (χ4n) is 1.79. The topological polar surface area (TPSA) is 64.7 Å². The summed E-state index contributed by atoms with van der Waals surface area (Å²) in [7, 11) is 0. The summed E-state index contributed by atoms with van der Waals surface area (Å²) in [5.41, 5.74) is 8.97. The van der Waals surface area contributed by atoms with Crippen molar-refractivity contribution in [3.05, 3.63) is 34.4 Å². The van der Waals surface area contributed by atoms with Crippen molar-refractivity contribution in [1.82, 2.24) is 15.0 Å². The largest absolute Gasteiger partial charge is 0.383 e. The monoisotopic (exact) mass is 288 g/mol. The van der Waals surface area contributed by atoms with Gasteiger partial charge < -0.3 is 5.73 Å². The summed E-state index contributed by atoms with van der Waals surface area (Å²) < 4.78 is 0. The lowest BCUT2D eigenvalue weighted by Crippen LogP contribution is -1.98. The molecule has 0 aromatic carbocycles. The Morgan fingerprint density at radius 1 is 1.16 bits per heavy atom. The molecule has 6 heteroatoms. The van der Waals surface area contributed by atoms with Crippen molar-refractivity contribution >= 4 is 28.5 Å². The zero-order valence-electron chi connectivity index (χ0n) is 10.5. The summed E-state index contributed by atoms with van der Waals surface area (Å²) in [5.74, 6) is 1.16. The molecule has 0 amide bonds. The lowest BCUT2D eigenvalue weighted by atomic mass is 10.2. The first-order valence-corrected chi connectivity index (χ1v) is 7.50. The molecule has 0 saturated heterocycles. The number of hydrogen-bond acceptors (Lipinski definition) is 6. The Balaban J connectivity index is 2.04. The van der Waals surface area contributed by atoms with Crippen LogP contribution in [0.2, 0.25) is 0 Å². The van der Waals surface area contributed by atoms with Crippen LogP contribution in [0.4, 0.5) is 5.82 Å². The van der Waals surface area contributed by atoms with Crippen LogP contribution in [-0.4, -0.2) is 15.0 Å². The Morgan fingerprint density at radius 2 is 2.00 bits per heavy atom. The highest BCUT2D eigenvalue weighted by molar-refractivity contribution is 7.15. The van der Waals surface area contributed by atoms with Crippen LogP contribution in [0, 0.1) is 13.8 Å². The summed E-state index contributed by atoms with van der Waals surface area (Å²) in [6, 6.07) is 2.10. The number of thiazole rings is 1. The van der Waals surface area contributed by atoms with Crippen LogP contribution < -0.4 is 5.73 Å². The van der Waals surface area contributed by atoms with Gasteiger partial charge in [0.05, 0.1) is 16.1 Å². The highest BCUT2D eigenvalue weighted by Crippen LogP contribution is 2.34. The van der Waals surface area contributed by atoms with Crippen LogP contribution in [0.5, 0.6) is 0 Å². The van der Waals surface area contributed by atoms with Crippen molar-refractivity contribution in [2.75, 3.05) is 5.73 Å². The molecular weight excluding hydrogens is 276 g/mol. The van der Waals surface area contributed by atoms with Gasteiger partial charge in [-0.05, 0) is 30.9 Å². The number of aromatic nitrogens is 3. The van der Waals surface area contributed by atoms with Crippen LogP contribution >= 0.6 is 22.7 Å². The molecule has 3 aromatic rings. The van der Waals surface area contributed by atoms with E-state index in [0.717, 1.165) is 16.3 Å². The predicted octanol–water partition coefficient (Wildman–Crippen LogP) is 3.53. The molecule has 0 aliphatic heterocycles. The molecule has 4 nitrogen and oxygen atoms in total. The van der Waals surface area contributed by atoms with Crippen LogP contribution in [0.1, 0.15) is 11.4 Å². The number of nitrogens with zero attached hydrogens (tertiary/aromatic N) is 3. The average Bonchev–Trinajstić information content (AvgIpc) is 2.97. The van der Waals surface area contributed by atoms with Crippen molar-refractivity contribution in [2.45, 2.75) is 13.8 Å². The van der Waals surface area contributed by atoms with Gasteiger partial charge in [0.2, 0.25) is 0 Å². The normalized spacial score (nSPS) is 10.8. The summed E-state index contributed by atoms with van der Waals surface area (Å²) >= 11 is 3.26. The van der Waals surface area contributed by atoms with Crippen LogP contribution in [-0.2, 0) is 0 Å². The summed E-state index contributed by atoms with van der Waals surface area (Å²) in [6.07, 6.45) is 1.74. The van der Waals surface area contributed by atoms with E-state index < -0.39 is 0 Å². The van der Waals surface area contributed by atoms with Gasteiger partial charge in [0.15, 0.2) is 0 Å². The first kappa shape index (κ1) is 12.3. The van der Waals surface area contributed by atoms with E-state index >= 15 is 0 Å². The lowest BCUT2D eigenvalue weighted by Gasteiger charge is -2.01. The Bertz CT molecular complexity index is 730. The van der Waals surface area contributed by atoms with Gasteiger partial charge in [-0.15, -0.1) is 22.7 Å². The van der Waals surface area contributed by atoms with E-state index in [1.54, 1.807) is 28.9 Å². The van der Waals surface area contributed by atoms with Gasteiger partial charge in [-0.25, -0.2) is 15.0 Å². The fourth-order valence-corrected chi connectivity index (χ4v) is 3.58. The Morgan fingerprint density at radius 3 is 2.68 bits per heavy atom. The quantitative estimate of drug-likeness (QED) is 0.783. The third-order valence-corrected chi connectivity index (χ3v) is 4.68. The molecule has 2 N–H and O–H groups in total. The van der Waals surface area contributed by atoms with Gasteiger partial charge in [-0.3, -0.25) is 0 Å². The average molecular weight is 288 g/mol. The van der Waals surface area contributed by atoms with Gasteiger partial charge in [0.1, 0.15) is 16.6 Å². The van der Waals surface area contributed by atoms with E-state index in [0.29, 0.717) is 11.6 Å². The minimum absolute atomic E-state index is 0.483. The molecule has 0 aliphatic carbocycles. The molecular formula is C13H12N4S2. The summed E-state index contributed by atoms with van der Waals surface area (Å²) in [6.45, 7) is 3.91. The van der Waals surface area contributed by atoms with E-state index in [1.807, 2.05) is 12.3 Å². The smallest absolute Gasteiger partial charge is 0.137 e. The van der Waals surface area contributed by atoms with Crippen LogP contribution in [0.25, 0.3) is 21.1 Å². The van der Waals surface area contributed by atoms with E-state index in [2.05, 4.69) is 33.3 Å². The van der Waals surface area contributed by atoms with Crippen LogP contribution in [0.3, 0.4) is 0 Å². The first-order chi connectivity index (χ1) is 9.15. The molecule has 0 fully saturated rings. The van der Waals surface area contributed by atoms with E-state index in [4.69, 9.17) is 5.73 Å². The van der Waals surface area contributed by atoms with Gasteiger partial charge in [0, 0.05) is 11.6 Å². The van der Waals surface area contributed by atoms with Crippen molar-refractivity contribution in [3.63, 3.8) is 0 Å². The maximum atomic E-state index is 5.93. The summed E-state index contributed by atoms with van der Waals surface area (Å²) in [4.78, 5) is 14.2. The molecule has 0 radical (unpaired) electrons. The zero-order valence-corrected chi connectivity index (χ0v) is 12.2. The Kier molecular flexibility index (Phi) is 3.04. The molecule has 3 aromatic heterocycles. The second-order valence-corrected chi connectivity index (χ2v) is 5.96. The van der Waals surface area contributed by atoms with Gasteiger partial charge in [-0.1, -0.05) is 0 Å². The van der Waals surface area contributed by atoms with Crippen molar-refractivity contribution in [1.29, 1.82) is 0 Å². The highest BCUT2D eigenvalue weighted by atomic mass is 32.1. The number of aryl methyl sites for hydroxylation is 2. The number of hydrogen-bond donors (Lipinski definition) is 1. The third kappa shape index (κ3) is 2.24. The molecule has 96 valence electrons. The zero-order chi connectivity index (χ0) is 13.4. The van der Waals surface area contributed by atoms with Crippen molar-refractivity contribution < 1.29 is 0 Å². The molecule has 3 rings (SSSR count). The molecule has 0 aliphatic rings. The van der Waals surface area contributed by atoms with Crippen molar-refractivity contribution in [2.24, 2.45) is 0 Å². The summed E-state index contributed by atoms with van der Waals surface area (Å²) in [5, 5.41) is 4.99. The maximum Gasteiger partial charge on any atom is 0.137 e. The van der Waals surface area contributed by atoms with E-state index in [-0.39, 0.29) is 0 Å². The van der Waals surface area contributed by atoms with Crippen molar-refractivity contribution in [3.8, 4) is 21.1 Å². The number of thiophene rings is 1. The molecule has 3 heterocycles. The SMILES string of the molecule is Cc1ncc(-c2nc(-c3sccc3C)cs2)c(N)n1. The fraction of sp³-hybridized carbons (Fsp3) is 0.154. The van der Waals surface area contributed by atoms with Gasteiger partial charge in [-0.2, -0.15) is 0 Å². The number of rotatable bonds is 2. The minimum Gasteiger partial charge on any atom is -0.383 e. The minimum atomic E-state index is 0.483. The second kappa shape index (κ2) is 4.71. The predicted molar refractivity (Wildman–Crippen MR) is 80.3 cm³/mol. The van der Waals surface area contributed by atoms with Gasteiger partial charge >= 0.3 is 0 Å². The molecule has 0 saturated carbocycles. The maximum absolute atomic E-state index is 5.93. The molecule has 0 bridgehead atoms. The highest BCUT2D eigenvalue weighted by Gasteiger charge is 2.12. The van der Waals surface area contributed by atoms with Gasteiger partial charge in [0.25, 0.3) is 0 Å². The molecule has 0 spiro atoms. The third-order valence-electron chi connectivity index (χ3n) is 2.77. The van der Waals surface area contributed by atoms with Crippen LogP contribution in [0.15, 0.2) is 23.0 Å². The number of nitrogens with two attached hydrogens (primary N) is 1. The second-order valence-electron chi connectivity index (χ2n) is 4.19. The molecule has 0 unspecified atom stereocenters. The molecule has 0 atom stereocenters. The van der Waals surface area contributed by atoms with E-state index in [9.17, 15) is 0 Å². The number of anilines is 1.